The van der Waals surface area contributed by atoms with E-state index < -0.39 is 17.8 Å². The summed E-state index contributed by atoms with van der Waals surface area (Å²) in [6, 6.07) is 8.32. The molecule has 0 saturated carbocycles. The van der Waals surface area contributed by atoms with E-state index in [2.05, 4.69) is 0 Å². The van der Waals surface area contributed by atoms with E-state index in [1.165, 1.54) is 30.3 Å². The fourth-order valence-electron chi connectivity index (χ4n) is 1.60. The molecule has 0 nitrogen and oxygen atoms in total. The Balaban J connectivity index is 2.57. The summed E-state index contributed by atoms with van der Waals surface area (Å²) in [5.74, 6) is -0.939. The van der Waals surface area contributed by atoms with Gasteiger partial charge in [0.15, 0.2) is 0 Å². The summed E-state index contributed by atoms with van der Waals surface area (Å²) < 4.78 is 39.0. The lowest BCUT2D eigenvalue weighted by Crippen LogP contribution is -1.93. The molecule has 5 heteroatoms. The van der Waals surface area contributed by atoms with Crippen LogP contribution in [0.25, 0.3) is 11.1 Å². The van der Waals surface area contributed by atoms with Crippen LogP contribution < -0.4 is 0 Å². The maximum atomic E-state index is 13.9. The van der Waals surface area contributed by atoms with Crippen molar-refractivity contribution in [3.8, 4) is 11.1 Å². The molecular formula is C13H7Cl2F3. The van der Waals surface area contributed by atoms with Crippen molar-refractivity contribution in [2.45, 2.75) is 6.43 Å². The van der Waals surface area contributed by atoms with E-state index in [0.717, 1.165) is 6.07 Å². The van der Waals surface area contributed by atoms with Gasteiger partial charge in [-0.15, -0.1) is 0 Å². The highest BCUT2D eigenvalue weighted by molar-refractivity contribution is 6.42. The van der Waals surface area contributed by atoms with Gasteiger partial charge in [-0.2, -0.15) is 0 Å². The average Bonchev–Trinajstić information content (AvgIpc) is 2.33. The van der Waals surface area contributed by atoms with E-state index in [1.54, 1.807) is 0 Å². The molecule has 0 N–H and O–H groups in total. The van der Waals surface area contributed by atoms with Gasteiger partial charge in [-0.05, 0) is 17.7 Å². The molecule has 18 heavy (non-hydrogen) atoms. The third-order valence-electron chi connectivity index (χ3n) is 2.49. The van der Waals surface area contributed by atoms with E-state index >= 15 is 0 Å². The maximum absolute atomic E-state index is 13.9. The van der Waals surface area contributed by atoms with Crippen molar-refractivity contribution in [3.05, 3.63) is 57.8 Å². The quantitative estimate of drug-likeness (QED) is 0.662. The Morgan fingerprint density at radius 2 is 1.67 bits per heavy atom. The molecule has 0 fully saturated rings. The molecule has 2 rings (SSSR count). The summed E-state index contributed by atoms with van der Waals surface area (Å²) in [4.78, 5) is 0. The molecule has 0 unspecified atom stereocenters. The Kier molecular flexibility index (Phi) is 3.83. The molecule has 0 aliphatic rings. The van der Waals surface area contributed by atoms with Gasteiger partial charge in [-0.25, -0.2) is 13.2 Å². The summed E-state index contributed by atoms with van der Waals surface area (Å²) in [5.41, 5.74) is -0.144. The van der Waals surface area contributed by atoms with Crippen LogP contribution in [0.4, 0.5) is 13.2 Å². The van der Waals surface area contributed by atoms with Gasteiger partial charge in [0.25, 0.3) is 6.43 Å². The lowest BCUT2D eigenvalue weighted by Gasteiger charge is -2.08. The van der Waals surface area contributed by atoms with Gasteiger partial charge >= 0.3 is 0 Å². The van der Waals surface area contributed by atoms with E-state index in [1.807, 2.05) is 0 Å². The fraction of sp³-hybridized carbons (Fsp3) is 0.0769. The van der Waals surface area contributed by atoms with E-state index in [0.29, 0.717) is 10.6 Å². The van der Waals surface area contributed by atoms with Crippen LogP contribution in [0.5, 0.6) is 0 Å². The Hall–Kier alpha value is -1.19. The molecule has 2 aromatic carbocycles. The van der Waals surface area contributed by atoms with Crippen molar-refractivity contribution < 1.29 is 13.2 Å². The minimum absolute atomic E-state index is 0.0753. The predicted octanol–water partition coefficient (Wildman–Crippen LogP) is 5.74. The molecule has 0 bridgehead atoms. The second-order valence-electron chi connectivity index (χ2n) is 3.64. The first-order valence-corrected chi connectivity index (χ1v) is 5.78. The predicted molar refractivity (Wildman–Crippen MR) is 66.8 cm³/mol. The number of alkyl halides is 2. The second kappa shape index (κ2) is 5.21. The minimum Gasteiger partial charge on any atom is -0.206 e. The highest BCUT2D eigenvalue weighted by Crippen LogP contribution is 2.33. The first-order chi connectivity index (χ1) is 8.50. The number of hydrogen-bond acceptors (Lipinski definition) is 0. The van der Waals surface area contributed by atoms with Crippen molar-refractivity contribution in [3.63, 3.8) is 0 Å². The number of halogens is 5. The maximum Gasteiger partial charge on any atom is 0.266 e. The van der Waals surface area contributed by atoms with E-state index in [-0.39, 0.29) is 10.6 Å². The Bertz CT molecular complexity index is 582. The highest BCUT2D eigenvalue weighted by Gasteiger charge is 2.17. The number of benzene rings is 2. The van der Waals surface area contributed by atoms with Crippen molar-refractivity contribution in [1.82, 2.24) is 0 Å². The second-order valence-corrected chi connectivity index (χ2v) is 4.45. The van der Waals surface area contributed by atoms with E-state index in [4.69, 9.17) is 23.2 Å². The molecule has 0 radical (unpaired) electrons. The lowest BCUT2D eigenvalue weighted by atomic mass is 10.0. The topological polar surface area (TPSA) is 0 Å². The Morgan fingerprint density at radius 1 is 0.944 bits per heavy atom. The van der Waals surface area contributed by atoms with Gasteiger partial charge in [0.1, 0.15) is 5.82 Å². The molecular weight excluding hydrogens is 284 g/mol. The SMILES string of the molecule is Fc1c(-c2ccc(Cl)c(Cl)c2)cccc1C(F)F. The first-order valence-electron chi connectivity index (χ1n) is 5.02. The van der Waals surface area contributed by atoms with Gasteiger partial charge in [-0.3, -0.25) is 0 Å². The highest BCUT2D eigenvalue weighted by atomic mass is 35.5. The zero-order chi connectivity index (χ0) is 13.3. The van der Waals surface area contributed by atoms with Gasteiger partial charge in [0.2, 0.25) is 0 Å². The largest absolute Gasteiger partial charge is 0.266 e. The summed E-state index contributed by atoms with van der Waals surface area (Å²) in [5, 5.41) is 0.571. The monoisotopic (exact) mass is 290 g/mol. The van der Waals surface area contributed by atoms with Crippen molar-refractivity contribution in [1.29, 1.82) is 0 Å². The molecule has 0 heterocycles. The third-order valence-corrected chi connectivity index (χ3v) is 3.23. The molecule has 2 aromatic rings. The van der Waals surface area contributed by atoms with Gasteiger partial charge in [-0.1, -0.05) is 47.5 Å². The van der Waals surface area contributed by atoms with Crippen molar-refractivity contribution >= 4 is 23.2 Å². The molecule has 0 aliphatic carbocycles. The molecule has 94 valence electrons. The van der Waals surface area contributed by atoms with Crippen LogP contribution in [0.3, 0.4) is 0 Å². The standard InChI is InChI=1S/C13H7Cl2F3/c14-10-5-4-7(6-11(10)15)8-2-1-3-9(12(8)16)13(17)18/h1-6,13H. The summed E-state index contributed by atoms with van der Waals surface area (Å²) in [6.45, 7) is 0. The van der Waals surface area contributed by atoms with Crippen molar-refractivity contribution in [2.75, 3.05) is 0 Å². The minimum atomic E-state index is -2.85. The van der Waals surface area contributed by atoms with Crippen LogP contribution in [-0.4, -0.2) is 0 Å². The average molecular weight is 291 g/mol. The summed E-state index contributed by atoms with van der Waals surface area (Å²) >= 11 is 11.6. The van der Waals surface area contributed by atoms with Gasteiger partial charge < -0.3 is 0 Å². The zero-order valence-electron chi connectivity index (χ0n) is 8.93. The summed E-state index contributed by atoms with van der Waals surface area (Å²) in [7, 11) is 0. The normalized spacial score (nSPS) is 11.0. The summed E-state index contributed by atoms with van der Waals surface area (Å²) in [6.07, 6.45) is -2.85. The molecule has 0 saturated heterocycles. The van der Waals surface area contributed by atoms with Gasteiger partial charge in [0, 0.05) is 5.56 Å². The fourth-order valence-corrected chi connectivity index (χ4v) is 1.90. The Morgan fingerprint density at radius 3 is 2.28 bits per heavy atom. The molecule has 0 amide bonds. The number of hydrogen-bond donors (Lipinski definition) is 0. The molecule has 0 aromatic heterocycles. The van der Waals surface area contributed by atoms with Gasteiger partial charge in [0.05, 0.1) is 15.6 Å². The van der Waals surface area contributed by atoms with Crippen LogP contribution >= 0.6 is 23.2 Å². The number of rotatable bonds is 2. The zero-order valence-corrected chi connectivity index (χ0v) is 10.4. The Labute approximate surface area is 112 Å². The van der Waals surface area contributed by atoms with Crippen LogP contribution in [-0.2, 0) is 0 Å². The van der Waals surface area contributed by atoms with Crippen LogP contribution in [0.1, 0.15) is 12.0 Å². The third kappa shape index (κ3) is 2.47. The molecule has 0 atom stereocenters. The molecule has 0 spiro atoms. The van der Waals surface area contributed by atoms with Crippen LogP contribution in [0.2, 0.25) is 10.0 Å². The van der Waals surface area contributed by atoms with Crippen LogP contribution in [0, 0.1) is 5.82 Å². The lowest BCUT2D eigenvalue weighted by molar-refractivity contribution is 0.146. The van der Waals surface area contributed by atoms with Crippen molar-refractivity contribution in [2.24, 2.45) is 0 Å². The first kappa shape index (κ1) is 13.2. The van der Waals surface area contributed by atoms with Crippen LogP contribution in [0.15, 0.2) is 36.4 Å². The smallest absolute Gasteiger partial charge is 0.206 e. The molecule has 0 aliphatic heterocycles. The van der Waals surface area contributed by atoms with E-state index in [9.17, 15) is 13.2 Å².